The number of carbonyl (C=O) groups excluding carboxylic acids is 2. The smallest absolute Gasteiger partial charge is 0.338 e. The summed E-state index contributed by atoms with van der Waals surface area (Å²) in [6, 6.07) is 13.1. The summed E-state index contributed by atoms with van der Waals surface area (Å²) in [4.78, 5) is 24.4. The Balaban J connectivity index is 1.64. The molecule has 0 saturated carbocycles. The van der Waals surface area contributed by atoms with Crippen molar-refractivity contribution < 1.29 is 22.7 Å². The van der Waals surface area contributed by atoms with Crippen LogP contribution in [-0.2, 0) is 20.2 Å². The molecule has 7 heteroatoms. The molecule has 1 heterocycles. The highest BCUT2D eigenvalue weighted by Gasteiger charge is 2.40. The standard InChI is InChI=1S/C20H21NO5S/c1-20(2,3)15-10-8-14(9-11-15)19(23)26-13-12-21-18(22)16-6-4-5-7-17(16)27(21,24)25/h4-11H,12-13H2,1-3H3. The molecule has 2 aromatic carbocycles. The monoisotopic (exact) mass is 387 g/mol. The molecule has 2 aromatic rings. The third-order valence-corrected chi connectivity index (χ3v) is 6.27. The topological polar surface area (TPSA) is 80.8 Å². The zero-order valence-corrected chi connectivity index (χ0v) is 16.2. The van der Waals surface area contributed by atoms with Crippen LogP contribution in [0, 0.1) is 0 Å². The number of benzene rings is 2. The fourth-order valence-electron chi connectivity index (χ4n) is 2.86. The zero-order chi connectivity index (χ0) is 19.8. The van der Waals surface area contributed by atoms with Gasteiger partial charge in [-0.3, -0.25) is 4.79 Å². The first kappa shape index (κ1) is 19.1. The Kier molecular flexibility index (Phi) is 4.82. The third-order valence-electron chi connectivity index (χ3n) is 4.43. The van der Waals surface area contributed by atoms with Crippen LogP contribution in [0.4, 0.5) is 0 Å². The predicted octanol–water partition coefficient (Wildman–Crippen LogP) is 2.99. The van der Waals surface area contributed by atoms with Crippen LogP contribution >= 0.6 is 0 Å². The molecule has 3 rings (SSSR count). The number of hydrogen-bond donors (Lipinski definition) is 0. The normalized spacial score (nSPS) is 15.5. The number of fused-ring (bicyclic) bond motifs is 1. The lowest BCUT2D eigenvalue weighted by molar-refractivity contribution is 0.0477. The first-order valence-corrected chi connectivity index (χ1v) is 10.00. The first-order valence-electron chi connectivity index (χ1n) is 8.56. The maximum absolute atomic E-state index is 12.4. The van der Waals surface area contributed by atoms with Gasteiger partial charge in [-0.1, -0.05) is 45.0 Å². The molecule has 1 aliphatic rings. The van der Waals surface area contributed by atoms with Crippen molar-refractivity contribution in [2.75, 3.05) is 13.2 Å². The minimum Gasteiger partial charge on any atom is -0.460 e. The van der Waals surface area contributed by atoms with Crippen LogP contribution in [-0.4, -0.2) is 37.8 Å². The van der Waals surface area contributed by atoms with Crippen LogP contribution < -0.4 is 0 Å². The highest BCUT2D eigenvalue weighted by molar-refractivity contribution is 7.90. The molecule has 6 nitrogen and oxygen atoms in total. The molecule has 0 atom stereocenters. The second-order valence-corrected chi connectivity index (χ2v) is 9.17. The number of nitrogens with zero attached hydrogens (tertiary/aromatic N) is 1. The van der Waals surface area contributed by atoms with Gasteiger partial charge in [0.15, 0.2) is 0 Å². The predicted molar refractivity (Wildman–Crippen MR) is 100 cm³/mol. The van der Waals surface area contributed by atoms with E-state index in [9.17, 15) is 18.0 Å². The summed E-state index contributed by atoms with van der Waals surface area (Å²) in [5.74, 6) is -1.16. The van der Waals surface area contributed by atoms with Gasteiger partial charge in [0, 0.05) is 0 Å². The Morgan fingerprint density at radius 3 is 2.26 bits per heavy atom. The summed E-state index contributed by atoms with van der Waals surface area (Å²) in [7, 11) is -3.89. The van der Waals surface area contributed by atoms with Crippen LogP contribution in [0.25, 0.3) is 0 Å². The number of rotatable bonds is 4. The van der Waals surface area contributed by atoms with Crippen molar-refractivity contribution in [3.63, 3.8) is 0 Å². The number of hydrogen-bond acceptors (Lipinski definition) is 5. The number of esters is 1. The van der Waals surface area contributed by atoms with Gasteiger partial charge in [-0.2, -0.15) is 0 Å². The molecule has 142 valence electrons. The molecule has 0 aliphatic carbocycles. The van der Waals surface area contributed by atoms with Crippen LogP contribution in [0.5, 0.6) is 0 Å². The van der Waals surface area contributed by atoms with Crippen molar-refractivity contribution in [1.82, 2.24) is 4.31 Å². The molecule has 0 bridgehead atoms. The van der Waals surface area contributed by atoms with Gasteiger partial charge in [-0.05, 0) is 35.2 Å². The van der Waals surface area contributed by atoms with Crippen molar-refractivity contribution in [3.05, 3.63) is 65.2 Å². The summed E-state index contributed by atoms with van der Waals surface area (Å²) in [5.41, 5.74) is 1.58. The molecular formula is C20H21NO5S. The maximum atomic E-state index is 12.4. The highest BCUT2D eigenvalue weighted by atomic mass is 32.2. The quantitative estimate of drug-likeness (QED) is 0.754. The van der Waals surface area contributed by atoms with Gasteiger partial charge in [-0.15, -0.1) is 0 Å². The van der Waals surface area contributed by atoms with Gasteiger partial charge in [0.2, 0.25) is 0 Å². The molecule has 1 amide bonds. The molecule has 1 aliphatic heterocycles. The second-order valence-electron chi connectivity index (χ2n) is 7.34. The van der Waals surface area contributed by atoms with E-state index in [-0.39, 0.29) is 29.0 Å². The van der Waals surface area contributed by atoms with Gasteiger partial charge in [-0.25, -0.2) is 17.5 Å². The Labute approximate surface area is 158 Å². The van der Waals surface area contributed by atoms with Crippen LogP contribution in [0.2, 0.25) is 0 Å². The van der Waals surface area contributed by atoms with Crippen molar-refractivity contribution in [3.8, 4) is 0 Å². The van der Waals surface area contributed by atoms with E-state index in [4.69, 9.17) is 4.74 Å². The number of carbonyl (C=O) groups is 2. The van der Waals surface area contributed by atoms with Crippen LogP contribution in [0.15, 0.2) is 53.4 Å². The van der Waals surface area contributed by atoms with E-state index in [0.29, 0.717) is 5.56 Å². The summed E-state index contributed by atoms with van der Waals surface area (Å²) in [6.07, 6.45) is 0. The fraction of sp³-hybridized carbons (Fsp3) is 0.300. The SMILES string of the molecule is CC(C)(C)c1ccc(C(=O)OCCN2C(=O)c3ccccc3S2(=O)=O)cc1. The number of sulfonamides is 1. The van der Waals surface area contributed by atoms with E-state index in [1.807, 2.05) is 12.1 Å². The molecule has 0 spiro atoms. The molecule has 0 fully saturated rings. The molecule has 0 aromatic heterocycles. The minimum absolute atomic E-state index is 0.0147. The lowest BCUT2D eigenvalue weighted by Crippen LogP contribution is -2.33. The molecular weight excluding hydrogens is 366 g/mol. The van der Waals surface area contributed by atoms with Crippen molar-refractivity contribution in [1.29, 1.82) is 0 Å². The number of amides is 1. The summed E-state index contributed by atoms with van der Waals surface area (Å²) >= 11 is 0. The number of ether oxygens (including phenoxy) is 1. The van der Waals surface area contributed by atoms with E-state index in [1.54, 1.807) is 24.3 Å². The van der Waals surface area contributed by atoms with Crippen molar-refractivity contribution >= 4 is 21.9 Å². The lowest BCUT2D eigenvalue weighted by atomic mass is 9.87. The molecule has 0 radical (unpaired) electrons. The molecule has 0 saturated heterocycles. The maximum Gasteiger partial charge on any atom is 0.338 e. The Morgan fingerprint density at radius 1 is 1.04 bits per heavy atom. The van der Waals surface area contributed by atoms with Crippen LogP contribution in [0.1, 0.15) is 47.1 Å². The van der Waals surface area contributed by atoms with E-state index in [2.05, 4.69) is 20.8 Å². The van der Waals surface area contributed by atoms with Crippen molar-refractivity contribution in [2.24, 2.45) is 0 Å². The molecule has 0 unspecified atom stereocenters. The minimum atomic E-state index is -3.89. The van der Waals surface area contributed by atoms with Gasteiger partial charge in [0.05, 0.1) is 17.7 Å². The zero-order valence-electron chi connectivity index (χ0n) is 15.4. The van der Waals surface area contributed by atoms with Gasteiger partial charge >= 0.3 is 5.97 Å². The fourth-order valence-corrected chi connectivity index (χ4v) is 4.42. The van der Waals surface area contributed by atoms with Gasteiger partial charge in [0.1, 0.15) is 11.5 Å². The van der Waals surface area contributed by atoms with Crippen LogP contribution in [0.3, 0.4) is 0 Å². The summed E-state index contributed by atoms with van der Waals surface area (Å²) in [5, 5.41) is 0. The largest absolute Gasteiger partial charge is 0.460 e. The first-order chi connectivity index (χ1) is 12.6. The van der Waals surface area contributed by atoms with Gasteiger partial charge < -0.3 is 4.74 Å². The second kappa shape index (κ2) is 6.81. The Bertz CT molecular complexity index is 988. The molecule has 27 heavy (non-hydrogen) atoms. The summed E-state index contributed by atoms with van der Waals surface area (Å²) < 4.78 is 30.8. The Morgan fingerprint density at radius 2 is 1.67 bits per heavy atom. The average Bonchev–Trinajstić information content (AvgIpc) is 2.82. The average molecular weight is 387 g/mol. The van der Waals surface area contributed by atoms with Gasteiger partial charge in [0.25, 0.3) is 15.9 Å². The highest BCUT2D eigenvalue weighted by Crippen LogP contribution is 2.29. The van der Waals surface area contributed by atoms with E-state index >= 15 is 0 Å². The lowest BCUT2D eigenvalue weighted by Gasteiger charge is -2.19. The molecule has 0 N–H and O–H groups in total. The van der Waals surface area contributed by atoms with E-state index in [0.717, 1.165) is 9.87 Å². The van der Waals surface area contributed by atoms with E-state index in [1.165, 1.54) is 12.1 Å². The van der Waals surface area contributed by atoms with E-state index < -0.39 is 21.9 Å². The summed E-state index contributed by atoms with van der Waals surface area (Å²) in [6.45, 7) is 5.80. The van der Waals surface area contributed by atoms with Crippen molar-refractivity contribution in [2.45, 2.75) is 31.1 Å². The Hall–Kier alpha value is -2.67. The third kappa shape index (κ3) is 3.60.